The third-order valence-electron chi connectivity index (χ3n) is 6.37. The van der Waals surface area contributed by atoms with Crippen LogP contribution in [-0.2, 0) is 22.8 Å². The highest BCUT2D eigenvalue weighted by Gasteiger charge is 2.44. The summed E-state index contributed by atoms with van der Waals surface area (Å²) in [5, 5.41) is 23.1. The van der Waals surface area contributed by atoms with Crippen molar-refractivity contribution in [1.29, 1.82) is 0 Å². The number of likely N-dealkylation sites (tertiary alicyclic amines) is 1. The molecule has 34 heavy (non-hydrogen) atoms. The number of rotatable bonds is 8. The van der Waals surface area contributed by atoms with Crippen molar-refractivity contribution in [1.82, 2.24) is 25.1 Å². The molecule has 1 aromatic carbocycles. The zero-order valence-corrected chi connectivity index (χ0v) is 22.2. The average Bonchev–Trinajstić information content (AvgIpc) is 3.35. The SMILES string of the molecule is Cn1nnnc1SCC1CC(O[Si](C)(C)C(C)(C)C)CN1C(=O)OCc1ccc([N+](=O)[O-])cc1. The molecule has 0 N–H and O–H groups in total. The summed E-state index contributed by atoms with van der Waals surface area (Å²) >= 11 is 1.49. The molecule has 1 fully saturated rings. The first-order valence-corrected chi connectivity index (χ1v) is 15.0. The number of amides is 1. The van der Waals surface area contributed by atoms with Gasteiger partial charge in [-0.25, -0.2) is 9.48 Å². The van der Waals surface area contributed by atoms with Crippen LogP contribution in [0.5, 0.6) is 0 Å². The Morgan fingerprint density at radius 2 is 1.97 bits per heavy atom. The molecule has 0 spiro atoms. The van der Waals surface area contributed by atoms with E-state index in [9.17, 15) is 14.9 Å². The van der Waals surface area contributed by atoms with Gasteiger partial charge in [-0.3, -0.25) is 10.1 Å². The molecule has 1 aromatic heterocycles. The molecule has 2 heterocycles. The summed E-state index contributed by atoms with van der Waals surface area (Å²) in [6.07, 6.45) is 0.203. The molecule has 0 radical (unpaired) electrons. The van der Waals surface area contributed by atoms with Crippen molar-refractivity contribution in [3.63, 3.8) is 0 Å². The second-order valence-electron chi connectivity index (χ2n) is 9.92. The molecule has 2 aromatic rings. The molecular formula is C21H32N6O5SSi. The second kappa shape index (κ2) is 10.4. The van der Waals surface area contributed by atoms with E-state index in [0.29, 0.717) is 29.4 Å². The minimum absolute atomic E-state index is 0.00408. The molecule has 1 aliphatic rings. The third kappa shape index (κ3) is 6.33. The normalized spacial score (nSPS) is 18.8. The zero-order valence-electron chi connectivity index (χ0n) is 20.4. The highest BCUT2D eigenvalue weighted by atomic mass is 32.2. The number of carbonyl (C=O) groups excluding carboxylic acids is 1. The monoisotopic (exact) mass is 508 g/mol. The number of nitrogens with zero attached hydrogens (tertiary/aromatic N) is 6. The summed E-state index contributed by atoms with van der Waals surface area (Å²) < 4.78 is 13.8. The molecule has 11 nitrogen and oxygen atoms in total. The van der Waals surface area contributed by atoms with Gasteiger partial charge in [0.1, 0.15) is 6.61 Å². The Bertz CT molecular complexity index is 1010. The van der Waals surface area contributed by atoms with Crippen LogP contribution in [0.2, 0.25) is 18.1 Å². The molecule has 0 saturated carbocycles. The third-order valence-corrected chi connectivity index (χ3v) is 12.1. The molecule has 1 aliphatic heterocycles. The van der Waals surface area contributed by atoms with Crippen LogP contribution in [0.25, 0.3) is 0 Å². The average molecular weight is 509 g/mol. The van der Waals surface area contributed by atoms with E-state index >= 15 is 0 Å². The van der Waals surface area contributed by atoms with Crippen molar-refractivity contribution in [3.05, 3.63) is 39.9 Å². The van der Waals surface area contributed by atoms with Gasteiger partial charge in [-0.2, -0.15) is 0 Å². The van der Waals surface area contributed by atoms with Crippen LogP contribution >= 0.6 is 11.8 Å². The number of aryl methyl sites for hydroxylation is 1. The minimum atomic E-state index is -2.01. The topological polar surface area (TPSA) is 126 Å². The van der Waals surface area contributed by atoms with E-state index in [0.717, 1.165) is 0 Å². The largest absolute Gasteiger partial charge is 0.445 e. The first-order valence-electron chi connectivity index (χ1n) is 11.1. The summed E-state index contributed by atoms with van der Waals surface area (Å²) in [6.45, 7) is 11.5. The number of nitro groups is 1. The first kappa shape index (κ1) is 26.1. The highest BCUT2D eigenvalue weighted by molar-refractivity contribution is 7.99. The first-order chi connectivity index (χ1) is 15.9. The van der Waals surface area contributed by atoms with Crippen molar-refractivity contribution in [3.8, 4) is 0 Å². The fraction of sp³-hybridized carbons (Fsp3) is 0.619. The van der Waals surface area contributed by atoms with Crippen LogP contribution in [0.15, 0.2) is 29.4 Å². The molecular weight excluding hydrogens is 476 g/mol. The van der Waals surface area contributed by atoms with Gasteiger partial charge >= 0.3 is 6.09 Å². The van der Waals surface area contributed by atoms with E-state index in [1.54, 1.807) is 28.8 Å². The lowest BCUT2D eigenvalue weighted by atomic mass is 10.2. The molecule has 1 amide bonds. The molecule has 1 saturated heterocycles. The molecule has 13 heteroatoms. The Morgan fingerprint density at radius 3 is 2.53 bits per heavy atom. The van der Waals surface area contributed by atoms with Crippen LogP contribution in [0.4, 0.5) is 10.5 Å². The number of thioether (sulfide) groups is 1. The van der Waals surface area contributed by atoms with Gasteiger partial charge in [0.05, 0.1) is 11.0 Å². The van der Waals surface area contributed by atoms with Crippen LogP contribution in [-0.4, -0.2) is 68.9 Å². The molecule has 2 atom stereocenters. The zero-order chi connectivity index (χ0) is 25.1. The van der Waals surface area contributed by atoms with Gasteiger partial charge in [-0.15, -0.1) is 5.10 Å². The fourth-order valence-corrected chi connectivity index (χ4v) is 5.72. The number of hydrogen-bond donors (Lipinski definition) is 0. The van der Waals surface area contributed by atoms with Crippen LogP contribution in [0, 0.1) is 10.1 Å². The summed E-state index contributed by atoms with van der Waals surface area (Å²) in [4.78, 5) is 25.1. The van der Waals surface area contributed by atoms with Crippen molar-refractivity contribution >= 4 is 31.9 Å². The van der Waals surface area contributed by atoms with E-state index in [1.165, 1.54) is 23.9 Å². The maximum Gasteiger partial charge on any atom is 0.410 e. The quantitative estimate of drug-likeness (QED) is 0.225. The van der Waals surface area contributed by atoms with Crippen molar-refractivity contribution in [2.45, 2.75) is 69.2 Å². The standard InChI is InChI=1S/C21H32N6O5SSi/c1-21(2,3)34(5,6)32-18-11-17(14-33-19-22-23-24-25(19)4)26(12-18)20(28)31-13-15-7-9-16(10-8-15)27(29)30/h7-10,17-18H,11-14H2,1-6H3. The minimum Gasteiger partial charge on any atom is -0.445 e. The molecule has 2 unspecified atom stereocenters. The van der Waals surface area contributed by atoms with Crippen molar-refractivity contribution < 1.29 is 18.9 Å². The number of tetrazole rings is 1. The van der Waals surface area contributed by atoms with Gasteiger partial charge in [-0.05, 0) is 52.7 Å². The van der Waals surface area contributed by atoms with Crippen LogP contribution < -0.4 is 0 Å². The Morgan fingerprint density at radius 1 is 1.29 bits per heavy atom. The fourth-order valence-electron chi connectivity index (χ4n) is 3.39. The van der Waals surface area contributed by atoms with Crippen molar-refractivity contribution in [2.24, 2.45) is 7.05 Å². The molecule has 0 bridgehead atoms. The van der Waals surface area contributed by atoms with E-state index in [2.05, 4.69) is 49.4 Å². The van der Waals surface area contributed by atoms with E-state index < -0.39 is 19.3 Å². The number of benzene rings is 1. The molecule has 3 rings (SSSR count). The van der Waals surface area contributed by atoms with Gasteiger partial charge in [-0.1, -0.05) is 32.5 Å². The summed E-state index contributed by atoms with van der Waals surface area (Å²) in [5.41, 5.74) is 0.680. The Kier molecular flexibility index (Phi) is 7.98. The number of non-ortho nitro benzene ring substituents is 1. The van der Waals surface area contributed by atoms with Gasteiger partial charge in [0, 0.05) is 37.5 Å². The maximum atomic E-state index is 13.0. The van der Waals surface area contributed by atoms with Gasteiger partial charge in [0.2, 0.25) is 5.16 Å². The van der Waals surface area contributed by atoms with E-state index in [-0.39, 0.29) is 29.5 Å². The molecule has 0 aliphatic carbocycles. The Balaban J connectivity index is 1.67. The summed E-state index contributed by atoms with van der Waals surface area (Å²) in [7, 11) is -0.237. The lowest BCUT2D eigenvalue weighted by molar-refractivity contribution is -0.384. The highest BCUT2D eigenvalue weighted by Crippen LogP contribution is 2.39. The van der Waals surface area contributed by atoms with Crippen molar-refractivity contribution in [2.75, 3.05) is 12.3 Å². The van der Waals surface area contributed by atoms with E-state index in [4.69, 9.17) is 9.16 Å². The second-order valence-corrected chi connectivity index (χ2v) is 15.7. The van der Waals surface area contributed by atoms with Gasteiger partial charge in [0.15, 0.2) is 8.32 Å². The Hall–Kier alpha value is -2.51. The number of hydrogen-bond acceptors (Lipinski definition) is 9. The number of aromatic nitrogens is 4. The predicted molar refractivity (Wildman–Crippen MR) is 130 cm³/mol. The summed E-state index contributed by atoms with van der Waals surface area (Å²) in [5.74, 6) is 0.609. The lowest BCUT2D eigenvalue weighted by Gasteiger charge is -2.38. The van der Waals surface area contributed by atoms with Gasteiger partial charge < -0.3 is 14.1 Å². The van der Waals surface area contributed by atoms with Crippen LogP contribution in [0.3, 0.4) is 0 Å². The number of nitro benzene ring substituents is 1. The van der Waals surface area contributed by atoms with Gasteiger partial charge in [0.25, 0.3) is 5.69 Å². The van der Waals surface area contributed by atoms with E-state index in [1.807, 2.05) is 0 Å². The number of ether oxygens (including phenoxy) is 1. The number of carbonyl (C=O) groups is 1. The molecule has 186 valence electrons. The van der Waals surface area contributed by atoms with Crippen LogP contribution in [0.1, 0.15) is 32.8 Å². The maximum absolute atomic E-state index is 13.0. The Labute approximate surface area is 204 Å². The lowest BCUT2D eigenvalue weighted by Crippen LogP contribution is -2.44. The predicted octanol–water partition coefficient (Wildman–Crippen LogP) is 4.01. The summed E-state index contributed by atoms with van der Waals surface area (Å²) in [6, 6.07) is 5.88. The smallest absolute Gasteiger partial charge is 0.410 e.